The van der Waals surface area contributed by atoms with Crippen LogP contribution in [0.25, 0.3) is 11.1 Å². The largest absolute Gasteiger partial charge is 0.481 e. The lowest BCUT2D eigenvalue weighted by Crippen LogP contribution is -2.01. The standard InChI is InChI=1S/C10H8N2O3/c13-10(14)4-9-3-7(1-2-11-9)8-5-12-15-6-8/h1-3,5-6H,4H2,(H,13,14). The van der Waals surface area contributed by atoms with Crippen LogP contribution in [0.1, 0.15) is 5.69 Å². The van der Waals surface area contributed by atoms with Gasteiger partial charge in [0.05, 0.1) is 18.3 Å². The van der Waals surface area contributed by atoms with Crippen molar-refractivity contribution in [3.8, 4) is 11.1 Å². The van der Waals surface area contributed by atoms with Crippen LogP contribution in [0.3, 0.4) is 0 Å². The molecule has 0 fully saturated rings. The Labute approximate surface area is 85.4 Å². The van der Waals surface area contributed by atoms with Crippen molar-refractivity contribution in [1.82, 2.24) is 10.1 Å². The fraction of sp³-hybridized carbons (Fsp3) is 0.100. The Balaban J connectivity index is 2.31. The number of carboxylic acids is 1. The number of pyridine rings is 1. The molecule has 0 aliphatic heterocycles. The molecule has 2 aromatic rings. The van der Waals surface area contributed by atoms with E-state index in [9.17, 15) is 4.79 Å². The van der Waals surface area contributed by atoms with Gasteiger partial charge in [-0.1, -0.05) is 5.16 Å². The molecule has 2 rings (SSSR count). The van der Waals surface area contributed by atoms with Crippen molar-refractivity contribution in [1.29, 1.82) is 0 Å². The summed E-state index contributed by atoms with van der Waals surface area (Å²) >= 11 is 0. The minimum absolute atomic E-state index is 0.0842. The molecular weight excluding hydrogens is 196 g/mol. The molecule has 0 saturated heterocycles. The Morgan fingerprint density at radius 3 is 3.00 bits per heavy atom. The highest BCUT2D eigenvalue weighted by molar-refractivity contribution is 5.70. The van der Waals surface area contributed by atoms with Crippen LogP contribution < -0.4 is 0 Å². The molecule has 2 heterocycles. The van der Waals surface area contributed by atoms with E-state index in [2.05, 4.69) is 10.1 Å². The molecule has 0 radical (unpaired) electrons. The summed E-state index contributed by atoms with van der Waals surface area (Å²) in [5, 5.41) is 12.2. The Morgan fingerprint density at radius 2 is 2.33 bits per heavy atom. The highest BCUT2D eigenvalue weighted by atomic mass is 16.5. The molecule has 0 aliphatic carbocycles. The first-order chi connectivity index (χ1) is 7.25. The van der Waals surface area contributed by atoms with Gasteiger partial charge in [0.1, 0.15) is 6.26 Å². The Morgan fingerprint density at radius 1 is 1.47 bits per heavy atom. The van der Waals surface area contributed by atoms with Gasteiger partial charge in [0.2, 0.25) is 0 Å². The number of carbonyl (C=O) groups is 1. The zero-order valence-corrected chi connectivity index (χ0v) is 7.75. The first-order valence-corrected chi connectivity index (χ1v) is 4.32. The van der Waals surface area contributed by atoms with Crippen LogP contribution in [0.2, 0.25) is 0 Å². The first-order valence-electron chi connectivity index (χ1n) is 4.32. The van der Waals surface area contributed by atoms with Gasteiger partial charge in [0.25, 0.3) is 0 Å². The minimum Gasteiger partial charge on any atom is -0.481 e. The fourth-order valence-corrected chi connectivity index (χ4v) is 1.26. The van der Waals surface area contributed by atoms with Gasteiger partial charge < -0.3 is 9.63 Å². The number of hydrogen-bond acceptors (Lipinski definition) is 4. The summed E-state index contributed by atoms with van der Waals surface area (Å²) in [6.45, 7) is 0. The lowest BCUT2D eigenvalue weighted by atomic mass is 10.1. The minimum atomic E-state index is -0.898. The summed E-state index contributed by atoms with van der Waals surface area (Å²) < 4.78 is 4.70. The van der Waals surface area contributed by atoms with E-state index in [4.69, 9.17) is 9.63 Å². The number of rotatable bonds is 3. The first kappa shape index (κ1) is 9.39. The van der Waals surface area contributed by atoms with Gasteiger partial charge in [0.15, 0.2) is 0 Å². The number of carboxylic acid groups (broad SMARTS) is 1. The van der Waals surface area contributed by atoms with E-state index in [-0.39, 0.29) is 6.42 Å². The van der Waals surface area contributed by atoms with Crippen LogP contribution in [-0.4, -0.2) is 21.2 Å². The molecule has 0 amide bonds. The average molecular weight is 204 g/mol. The maximum absolute atomic E-state index is 10.5. The lowest BCUT2D eigenvalue weighted by molar-refractivity contribution is -0.136. The van der Waals surface area contributed by atoms with E-state index < -0.39 is 5.97 Å². The molecule has 0 unspecified atom stereocenters. The third-order valence-corrected chi connectivity index (χ3v) is 1.91. The van der Waals surface area contributed by atoms with Crippen molar-refractivity contribution < 1.29 is 14.4 Å². The number of nitrogens with zero attached hydrogens (tertiary/aromatic N) is 2. The Bertz CT molecular complexity index is 465. The summed E-state index contributed by atoms with van der Waals surface area (Å²) in [5.41, 5.74) is 2.17. The molecule has 76 valence electrons. The van der Waals surface area contributed by atoms with Crippen LogP contribution >= 0.6 is 0 Å². The van der Waals surface area contributed by atoms with Crippen molar-refractivity contribution in [3.63, 3.8) is 0 Å². The zero-order valence-electron chi connectivity index (χ0n) is 7.75. The lowest BCUT2D eigenvalue weighted by Gasteiger charge is -1.99. The second-order valence-corrected chi connectivity index (χ2v) is 3.02. The van der Waals surface area contributed by atoms with Crippen LogP contribution in [-0.2, 0) is 11.2 Å². The monoisotopic (exact) mass is 204 g/mol. The molecule has 0 saturated carbocycles. The maximum atomic E-state index is 10.5. The highest BCUT2D eigenvalue weighted by Crippen LogP contribution is 2.18. The van der Waals surface area contributed by atoms with Gasteiger partial charge in [-0.05, 0) is 17.7 Å². The summed E-state index contributed by atoms with van der Waals surface area (Å²) in [5.74, 6) is -0.898. The molecular formula is C10H8N2O3. The Hall–Kier alpha value is -2.17. The molecule has 5 nitrogen and oxygen atoms in total. The molecule has 0 aromatic carbocycles. The zero-order chi connectivity index (χ0) is 10.7. The van der Waals surface area contributed by atoms with Crippen molar-refractivity contribution >= 4 is 5.97 Å². The third kappa shape index (κ3) is 2.19. The summed E-state index contributed by atoms with van der Waals surface area (Å²) in [6.07, 6.45) is 4.56. The molecule has 0 bridgehead atoms. The van der Waals surface area contributed by atoms with Crippen LogP contribution in [0.15, 0.2) is 35.3 Å². The van der Waals surface area contributed by atoms with Gasteiger partial charge in [-0.25, -0.2) is 0 Å². The second kappa shape index (κ2) is 3.91. The summed E-state index contributed by atoms with van der Waals surface area (Å²) in [6, 6.07) is 3.48. The number of aliphatic carboxylic acids is 1. The van der Waals surface area contributed by atoms with Crippen molar-refractivity contribution in [2.45, 2.75) is 6.42 Å². The smallest absolute Gasteiger partial charge is 0.309 e. The fourth-order valence-electron chi connectivity index (χ4n) is 1.26. The second-order valence-electron chi connectivity index (χ2n) is 3.02. The van der Waals surface area contributed by atoms with E-state index in [1.54, 1.807) is 24.5 Å². The average Bonchev–Trinajstić information content (AvgIpc) is 2.69. The normalized spacial score (nSPS) is 10.1. The van der Waals surface area contributed by atoms with Crippen molar-refractivity contribution in [2.75, 3.05) is 0 Å². The van der Waals surface area contributed by atoms with Crippen LogP contribution in [0.4, 0.5) is 0 Å². The quantitative estimate of drug-likeness (QED) is 0.816. The molecule has 5 heteroatoms. The number of aromatic nitrogens is 2. The molecule has 1 N–H and O–H groups in total. The van der Waals surface area contributed by atoms with Crippen molar-refractivity contribution in [2.24, 2.45) is 0 Å². The maximum Gasteiger partial charge on any atom is 0.309 e. The van der Waals surface area contributed by atoms with Gasteiger partial charge in [0, 0.05) is 11.8 Å². The predicted octanol–water partition coefficient (Wildman–Crippen LogP) is 1.36. The van der Waals surface area contributed by atoms with E-state index in [1.807, 2.05) is 0 Å². The molecule has 2 aromatic heterocycles. The van der Waals surface area contributed by atoms with E-state index in [1.165, 1.54) is 6.26 Å². The number of hydrogen-bond donors (Lipinski definition) is 1. The predicted molar refractivity (Wildman–Crippen MR) is 51.1 cm³/mol. The van der Waals surface area contributed by atoms with Gasteiger partial charge in [-0.2, -0.15) is 0 Å². The van der Waals surface area contributed by atoms with Gasteiger partial charge in [-0.15, -0.1) is 0 Å². The molecule has 0 aliphatic rings. The Kier molecular flexibility index (Phi) is 2.45. The van der Waals surface area contributed by atoms with Crippen LogP contribution in [0.5, 0.6) is 0 Å². The molecule has 15 heavy (non-hydrogen) atoms. The molecule has 0 atom stereocenters. The van der Waals surface area contributed by atoms with E-state index in [0.29, 0.717) is 5.69 Å². The van der Waals surface area contributed by atoms with E-state index in [0.717, 1.165) is 11.1 Å². The topological polar surface area (TPSA) is 76.2 Å². The van der Waals surface area contributed by atoms with Crippen LogP contribution in [0, 0.1) is 0 Å². The van der Waals surface area contributed by atoms with E-state index >= 15 is 0 Å². The van der Waals surface area contributed by atoms with Crippen molar-refractivity contribution in [3.05, 3.63) is 36.5 Å². The SMILES string of the molecule is O=C(O)Cc1cc(-c2cnoc2)ccn1. The summed E-state index contributed by atoms with van der Waals surface area (Å²) in [4.78, 5) is 14.5. The molecule has 0 spiro atoms. The highest BCUT2D eigenvalue weighted by Gasteiger charge is 2.05. The van der Waals surface area contributed by atoms with Gasteiger partial charge >= 0.3 is 5.97 Å². The summed E-state index contributed by atoms with van der Waals surface area (Å²) in [7, 11) is 0. The third-order valence-electron chi connectivity index (χ3n) is 1.91. The van der Waals surface area contributed by atoms with Gasteiger partial charge in [-0.3, -0.25) is 9.78 Å².